The summed E-state index contributed by atoms with van der Waals surface area (Å²) in [5.41, 5.74) is 4.63. The van der Waals surface area contributed by atoms with Crippen molar-refractivity contribution in [3.8, 4) is 0 Å². The van der Waals surface area contributed by atoms with E-state index in [0.29, 0.717) is 10.0 Å². The molecule has 0 amide bonds. The zero-order valence-electron chi connectivity index (χ0n) is 11.1. The van der Waals surface area contributed by atoms with Crippen molar-refractivity contribution in [2.75, 3.05) is 0 Å². The average molecular weight is 425 g/mol. The second-order valence-corrected chi connectivity index (χ2v) is 6.69. The van der Waals surface area contributed by atoms with Gasteiger partial charge >= 0.3 is 0 Å². The zero-order valence-corrected chi connectivity index (χ0v) is 14.7. The molecule has 4 nitrogen and oxygen atoms in total. The fourth-order valence-corrected chi connectivity index (χ4v) is 3.15. The Bertz CT molecular complexity index is 612. The van der Waals surface area contributed by atoms with E-state index >= 15 is 0 Å². The standard InChI is InChI=1S/C13H15Cl2IN4/c1-7(2)20-13(10(15)6-18-20)12(19-17)9-5-8(14)3-4-11(9)16/h3-7,12,19H,17H2,1-2H3. The molecule has 0 aliphatic rings. The number of halogens is 3. The number of hydrazine groups is 1. The highest BCUT2D eigenvalue weighted by molar-refractivity contribution is 14.1. The average Bonchev–Trinajstić information content (AvgIpc) is 2.77. The third-order valence-corrected chi connectivity index (χ3v) is 4.49. The Labute approximate surface area is 141 Å². The van der Waals surface area contributed by atoms with Crippen LogP contribution in [0.3, 0.4) is 0 Å². The van der Waals surface area contributed by atoms with E-state index in [4.69, 9.17) is 29.0 Å². The Kier molecular flexibility index (Phi) is 5.30. The van der Waals surface area contributed by atoms with E-state index in [1.165, 1.54) is 0 Å². The molecule has 20 heavy (non-hydrogen) atoms. The largest absolute Gasteiger partial charge is 0.271 e. The predicted octanol–water partition coefficient (Wildman–Crippen LogP) is 3.93. The minimum atomic E-state index is -0.266. The lowest BCUT2D eigenvalue weighted by molar-refractivity contribution is 0.476. The highest BCUT2D eigenvalue weighted by atomic mass is 127. The van der Waals surface area contributed by atoms with Crippen molar-refractivity contribution >= 4 is 45.8 Å². The van der Waals surface area contributed by atoms with Gasteiger partial charge in [0.05, 0.1) is 23.0 Å². The molecule has 0 fully saturated rings. The first kappa shape index (κ1) is 16.0. The van der Waals surface area contributed by atoms with Gasteiger partial charge in [-0.2, -0.15) is 5.10 Å². The van der Waals surface area contributed by atoms with Gasteiger partial charge in [-0.1, -0.05) is 23.2 Å². The van der Waals surface area contributed by atoms with Crippen LogP contribution in [0.5, 0.6) is 0 Å². The normalized spacial score (nSPS) is 12.9. The van der Waals surface area contributed by atoms with Gasteiger partial charge in [0.15, 0.2) is 0 Å². The molecule has 2 rings (SSSR count). The molecule has 0 aliphatic heterocycles. The zero-order chi connectivity index (χ0) is 14.9. The molecular formula is C13H15Cl2IN4. The van der Waals surface area contributed by atoms with Crippen LogP contribution in [0.1, 0.15) is 37.2 Å². The quantitative estimate of drug-likeness (QED) is 0.444. The number of benzene rings is 1. The van der Waals surface area contributed by atoms with Gasteiger partial charge in [-0.3, -0.25) is 10.5 Å². The highest BCUT2D eigenvalue weighted by Crippen LogP contribution is 2.33. The summed E-state index contributed by atoms with van der Waals surface area (Å²) in [7, 11) is 0. The van der Waals surface area contributed by atoms with Crippen molar-refractivity contribution in [1.82, 2.24) is 15.2 Å². The number of hydrogen-bond donors (Lipinski definition) is 2. The van der Waals surface area contributed by atoms with Crippen LogP contribution in [0.2, 0.25) is 10.0 Å². The first-order valence-electron chi connectivity index (χ1n) is 6.09. The molecule has 0 saturated carbocycles. The molecule has 0 spiro atoms. The smallest absolute Gasteiger partial charge is 0.0904 e. The molecule has 7 heteroatoms. The van der Waals surface area contributed by atoms with Gasteiger partial charge < -0.3 is 0 Å². The maximum atomic E-state index is 6.29. The van der Waals surface area contributed by atoms with Crippen LogP contribution in [0.25, 0.3) is 0 Å². The molecule has 0 aliphatic carbocycles. The minimum absolute atomic E-state index is 0.185. The van der Waals surface area contributed by atoms with Crippen LogP contribution in [0, 0.1) is 3.57 Å². The lowest BCUT2D eigenvalue weighted by Gasteiger charge is -2.22. The van der Waals surface area contributed by atoms with E-state index in [-0.39, 0.29) is 12.1 Å². The van der Waals surface area contributed by atoms with Gasteiger partial charge in [-0.05, 0) is 60.2 Å². The molecule has 1 heterocycles. The van der Waals surface area contributed by atoms with Crippen molar-refractivity contribution in [1.29, 1.82) is 0 Å². The monoisotopic (exact) mass is 424 g/mol. The van der Waals surface area contributed by atoms with Crippen LogP contribution in [-0.4, -0.2) is 9.78 Å². The topological polar surface area (TPSA) is 55.9 Å². The summed E-state index contributed by atoms with van der Waals surface area (Å²) < 4.78 is 2.92. The molecule has 0 radical (unpaired) electrons. The predicted molar refractivity (Wildman–Crippen MR) is 91.0 cm³/mol. The van der Waals surface area contributed by atoms with E-state index in [9.17, 15) is 0 Å². The van der Waals surface area contributed by atoms with Gasteiger partial charge in [0.1, 0.15) is 0 Å². The Morgan fingerprint density at radius 3 is 2.65 bits per heavy atom. The van der Waals surface area contributed by atoms with Crippen molar-refractivity contribution < 1.29 is 0 Å². The molecule has 0 bridgehead atoms. The number of hydrogen-bond acceptors (Lipinski definition) is 3. The molecular weight excluding hydrogens is 410 g/mol. The summed E-state index contributed by atoms with van der Waals surface area (Å²) in [6.07, 6.45) is 1.64. The van der Waals surface area contributed by atoms with Gasteiger partial charge in [-0.25, -0.2) is 5.43 Å². The van der Waals surface area contributed by atoms with Crippen molar-refractivity contribution in [2.24, 2.45) is 5.84 Å². The van der Waals surface area contributed by atoms with Gasteiger partial charge in [0, 0.05) is 14.6 Å². The summed E-state index contributed by atoms with van der Waals surface area (Å²) in [6.45, 7) is 4.09. The van der Waals surface area contributed by atoms with Crippen molar-refractivity contribution in [2.45, 2.75) is 25.9 Å². The van der Waals surface area contributed by atoms with Gasteiger partial charge in [-0.15, -0.1) is 0 Å². The highest BCUT2D eigenvalue weighted by Gasteiger charge is 2.24. The van der Waals surface area contributed by atoms with E-state index in [2.05, 4.69) is 33.1 Å². The Hall–Kier alpha value is -0.340. The lowest BCUT2D eigenvalue weighted by Crippen LogP contribution is -2.32. The van der Waals surface area contributed by atoms with Crippen LogP contribution in [-0.2, 0) is 0 Å². The molecule has 1 unspecified atom stereocenters. The van der Waals surface area contributed by atoms with E-state index in [1.54, 1.807) is 6.20 Å². The maximum absolute atomic E-state index is 6.29. The summed E-state index contributed by atoms with van der Waals surface area (Å²) in [5, 5.41) is 5.56. The Balaban J connectivity index is 2.58. The maximum Gasteiger partial charge on any atom is 0.0904 e. The van der Waals surface area contributed by atoms with Crippen LogP contribution >= 0.6 is 45.8 Å². The molecule has 1 aromatic heterocycles. The molecule has 2 aromatic rings. The lowest BCUT2D eigenvalue weighted by atomic mass is 10.0. The second-order valence-electron chi connectivity index (χ2n) is 4.68. The minimum Gasteiger partial charge on any atom is -0.271 e. The third-order valence-electron chi connectivity index (χ3n) is 2.99. The van der Waals surface area contributed by atoms with Crippen LogP contribution in [0.4, 0.5) is 0 Å². The summed E-state index contributed by atoms with van der Waals surface area (Å²) in [4.78, 5) is 0. The summed E-state index contributed by atoms with van der Waals surface area (Å²) in [6, 6.07) is 5.61. The van der Waals surface area contributed by atoms with E-state index < -0.39 is 0 Å². The van der Waals surface area contributed by atoms with Gasteiger partial charge in [0.2, 0.25) is 0 Å². The molecule has 1 aromatic carbocycles. The fraction of sp³-hybridized carbons (Fsp3) is 0.308. The van der Waals surface area contributed by atoms with Crippen LogP contribution in [0.15, 0.2) is 24.4 Å². The number of aromatic nitrogens is 2. The Morgan fingerprint density at radius 2 is 2.05 bits per heavy atom. The molecule has 1 atom stereocenters. The van der Waals surface area contributed by atoms with Crippen LogP contribution < -0.4 is 11.3 Å². The third kappa shape index (κ3) is 3.12. The number of rotatable bonds is 4. The number of nitrogens with one attached hydrogen (secondary N) is 1. The van der Waals surface area contributed by atoms with Crippen molar-refractivity contribution in [3.63, 3.8) is 0 Å². The molecule has 108 valence electrons. The SMILES string of the molecule is CC(C)n1ncc(Cl)c1C(NN)c1cc(Cl)ccc1I. The Morgan fingerprint density at radius 1 is 1.35 bits per heavy atom. The summed E-state index contributed by atoms with van der Waals surface area (Å²) >= 11 is 14.6. The summed E-state index contributed by atoms with van der Waals surface area (Å²) in [5.74, 6) is 5.76. The van der Waals surface area contributed by atoms with E-state index in [1.807, 2.05) is 36.7 Å². The molecule has 3 N–H and O–H groups in total. The first-order chi connectivity index (χ1) is 9.45. The fourth-order valence-electron chi connectivity index (χ4n) is 2.08. The van der Waals surface area contributed by atoms with Gasteiger partial charge in [0.25, 0.3) is 0 Å². The number of nitrogens with two attached hydrogens (primary N) is 1. The van der Waals surface area contributed by atoms with E-state index in [0.717, 1.165) is 14.8 Å². The second kappa shape index (κ2) is 6.62. The number of nitrogens with zero attached hydrogens (tertiary/aromatic N) is 2. The first-order valence-corrected chi connectivity index (χ1v) is 7.93. The molecule has 0 saturated heterocycles. The van der Waals surface area contributed by atoms with Crippen molar-refractivity contribution in [3.05, 3.63) is 49.3 Å².